The van der Waals surface area contributed by atoms with Crippen molar-refractivity contribution in [1.82, 2.24) is 10.1 Å². The van der Waals surface area contributed by atoms with Crippen LogP contribution in [0, 0.1) is 23.2 Å². The predicted octanol–water partition coefficient (Wildman–Crippen LogP) is 5.34. The van der Waals surface area contributed by atoms with Crippen LogP contribution in [0.5, 0.6) is 5.88 Å². The maximum Gasteiger partial charge on any atom is 0.445 e. The summed E-state index contributed by atoms with van der Waals surface area (Å²) in [5.74, 6) is 0.113. The number of allylic oxidation sites excluding steroid dienone is 2. The van der Waals surface area contributed by atoms with Gasteiger partial charge in [0.15, 0.2) is 4.90 Å². The van der Waals surface area contributed by atoms with Crippen molar-refractivity contribution < 1.29 is 47.0 Å². The Labute approximate surface area is 299 Å². The molecule has 1 N–H and O–H groups in total. The molecule has 2 heterocycles. The average Bonchev–Trinajstić information content (AvgIpc) is 3.50. The summed E-state index contributed by atoms with van der Waals surface area (Å²) in [7, 11) is -4.20. The normalized spacial score (nSPS) is 21.6. The van der Waals surface area contributed by atoms with Crippen molar-refractivity contribution in [3.05, 3.63) is 67.3 Å². The Balaban J connectivity index is 1.07. The molecule has 12 nitrogen and oxygen atoms in total. The third-order valence-corrected chi connectivity index (χ3v) is 12.0. The van der Waals surface area contributed by atoms with Gasteiger partial charge in [-0.1, -0.05) is 55.5 Å². The highest BCUT2D eigenvalue weighted by atomic mass is 35.5. The van der Waals surface area contributed by atoms with Gasteiger partial charge >= 0.3 is 22.8 Å². The molecule has 0 amide bonds. The van der Waals surface area contributed by atoms with Crippen LogP contribution in [0.15, 0.2) is 81.8 Å². The molecule has 1 aliphatic heterocycles. The van der Waals surface area contributed by atoms with Crippen molar-refractivity contribution >= 4 is 33.4 Å². The quantitative estimate of drug-likeness (QED) is 0.0696. The van der Waals surface area contributed by atoms with E-state index in [1.54, 1.807) is 6.07 Å². The molecule has 14 heteroatoms. The molecule has 1 saturated heterocycles. The van der Waals surface area contributed by atoms with Gasteiger partial charge in [0.25, 0.3) is 9.84 Å². The van der Waals surface area contributed by atoms with E-state index in [2.05, 4.69) is 47.4 Å². The van der Waals surface area contributed by atoms with Crippen LogP contribution in [0.25, 0.3) is 0 Å². The fourth-order valence-electron chi connectivity index (χ4n) is 6.68. The lowest BCUT2D eigenvalue weighted by Gasteiger charge is -2.45. The van der Waals surface area contributed by atoms with Crippen LogP contribution >= 0.6 is 11.6 Å². The number of carbonyl (C=O) groups is 2. The molecule has 2 aliphatic rings. The van der Waals surface area contributed by atoms with Gasteiger partial charge in [-0.2, -0.15) is 0 Å². The number of alkyl halides is 1. The fourth-order valence-corrected chi connectivity index (χ4v) is 8.17. The largest absolute Gasteiger partial charge is 0.465 e. The molecule has 2 aromatic rings. The number of esters is 2. The number of rotatable bonds is 18. The van der Waals surface area contributed by atoms with Crippen molar-refractivity contribution in [1.29, 1.82) is 0 Å². The van der Waals surface area contributed by atoms with Crippen molar-refractivity contribution in [2.24, 2.45) is 23.2 Å². The molecule has 4 rings (SSSR count). The van der Waals surface area contributed by atoms with Crippen LogP contribution in [-0.2, 0) is 28.9 Å². The summed E-state index contributed by atoms with van der Waals surface area (Å²) in [6.07, 6.45) is 7.43. The Bertz CT molecular complexity index is 1610. The molecule has 0 bridgehead atoms. The summed E-state index contributed by atoms with van der Waals surface area (Å²) in [5.41, 5.74) is 2.36. The molecule has 0 spiro atoms. The van der Waals surface area contributed by atoms with E-state index in [1.807, 2.05) is 0 Å². The number of sulfone groups is 1. The van der Waals surface area contributed by atoms with Gasteiger partial charge in [0.2, 0.25) is 5.16 Å². The second-order valence-electron chi connectivity index (χ2n) is 13.4. The maximum atomic E-state index is 12.8. The zero-order valence-electron chi connectivity index (χ0n) is 28.8. The molecule has 1 aliphatic carbocycles. The lowest BCUT2D eigenvalue weighted by molar-refractivity contribution is -1.06. The van der Waals surface area contributed by atoms with E-state index in [4.69, 9.17) is 25.8 Å². The Kier molecular flexibility index (Phi) is 14.1. The first-order valence-corrected chi connectivity index (χ1v) is 19.0. The van der Waals surface area contributed by atoms with Gasteiger partial charge < -0.3 is 19.4 Å². The van der Waals surface area contributed by atoms with E-state index in [0.717, 1.165) is 57.3 Å². The third-order valence-electron chi connectivity index (χ3n) is 9.88. The number of hydrogen-bond acceptors (Lipinski definition) is 11. The zero-order valence-corrected chi connectivity index (χ0v) is 30.3. The second-order valence-corrected chi connectivity index (χ2v) is 15.5. The first-order valence-electron chi connectivity index (χ1n) is 17.0. The summed E-state index contributed by atoms with van der Waals surface area (Å²) in [4.78, 5) is 26.8. The number of benzene rings is 1. The van der Waals surface area contributed by atoms with E-state index in [9.17, 15) is 23.2 Å². The number of likely N-dealkylation sites (tertiary alicyclic amines) is 1. The molecule has 3 atom stereocenters. The minimum absolute atomic E-state index is 0.000170. The molecular weight excluding hydrogens is 686 g/mol. The van der Waals surface area contributed by atoms with E-state index >= 15 is 0 Å². The van der Waals surface area contributed by atoms with Crippen molar-refractivity contribution in [2.45, 2.75) is 68.2 Å². The average molecular weight is 735 g/mol. The minimum Gasteiger partial charge on any atom is -0.465 e. The van der Waals surface area contributed by atoms with Crippen molar-refractivity contribution in [3.63, 3.8) is 0 Å². The highest BCUT2D eigenvalue weighted by molar-refractivity contribution is 7.91. The lowest BCUT2D eigenvalue weighted by atomic mass is 9.61. The summed E-state index contributed by atoms with van der Waals surface area (Å²) in [6.45, 7) is 17.7. The lowest BCUT2D eigenvalue weighted by Crippen LogP contribution is -2.39. The van der Waals surface area contributed by atoms with Crippen LogP contribution in [0.4, 0.5) is 0 Å². The van der Waals surface area contributed by atoms with Gasteiger partial charge in [-0.25, -0.2) is 8.42 Å². The van der Waals surface area contributed by atoms with Crippen LogP contribution in [0.1, 0.15) is 58.3 Å². The van der Waals surface area contributed by atoms with E-state index < -0.39 is 26.7 Å². The summed E-state index contributed by atoms with van der Waals surface area (Å²) in [5, 5.41) is 12.6. The van der Waals surface area contributed by atoms with Crippen LogP contribution in [0.2, 0.25) is 0 Å². The number of aromatic nitrogens is 2. The topological polar surface area (TPSA) is 149 Å². The van der Waals surface area contributed by atoms with Crippen LogP contribution < -0.4 is 9.64 Å². The Hall–Kier alpha value is -3.68. The zero-order chi connectivity index (χ0) is 36.3. The van der Waals surface area contributed by atoms with Crippen molar-refractivity contribution in [2.75, 3.05) is 45.3 Å². The molecule has 0 unspecified atom stereocenters. The summed E-state index contributed by atoms with van der Waals surface area (Å²) < 4.78 is 46.1. The standard InChI is InChI=1S/C36H49ClN3O9S/c1-5-36(4)17-14-29(22-31(36)26(2)23-37)27(3)24-39-18-15-28(16-19-39)25-48-33(42)13-9-12-32(41)46-20-21-47-34-35(40(43)49-38-34)50(44,45)30-10-7-6-8-11-30/h5-8,10-11,28-29,31,43H,1-3,9,12-25H2,4H3/q+1/t29-,31+,36-/m1/s1. The highest BCUT2D eigenvalue weighted by Gasteiger charge is 2.41. The maximum absolute atomic E-state index is 12.8. The predicted molar refractivity (Wildman–Crippen MR) is 184 cm³/mol. The fraction of sp³-hybridized carbons (Fsp3) is 0.556. The van der Waals surface area contributed by atoms with Crippen LogP contribution in [0.3, 0.4) is 0 Å². The number of halogens is 1. The Morgan fingerprint density at radius 1 is 1.10 bits per heavy atom. The Morgan fingerprint density at radius 2 is 1.78 bits per heavy atom. The molecule has 1 aromatic carbocycles. The molecule has 50 heavy (non-hydrogen) atoms. The molecule has 274 valence electrons. The van der Waals surface area contributed by atoms with Crippen LogP contribution in [-0.4, -0.2) is 81.0 Å². The van der Waals surface area contributed by atoms with Gasteiger partial charge in [0.05, 0.1) is 11.5 Å². The number of piperidine rings is 1. The summed E-state index contributed by atoms with van der Waals surface area (Å²) >= 11 is 6.17. The minimum atomic E-state index is -4.20. The highest BCUT2D eigenvalue weighted by Crippen LogP contribution is 2.49. The molecule has 2 fully saturated rings. The van der Waals surface area contributed by atoms with Gasteiger partial charge in [0.1, 0.15) is 13.2 Å². The van der Waals surface area contributed by atoms with Gasteiger partial charge in [-0.05, 0) is 91.5 Å². The monoisotopic (exact) mass is 734 g/mol. The Morgan fingerprint density at radius 3 is 2.44 bits per heavy atom. The number of hydrogen-bond donors (Lipinski definition) is 1. The van der Waals surface area contributed by atoms with Gasteiger partial charge in [-0.3, -0.25) is 14.5 Å². The third kappa shape index (κ3) is 10.2. The van der Waals surface area contributed by atoms with Crippen molar-refractivity contribution in [3.8, 4) is 5.88 Å². The number of carbonyl (C=O) groups excluding carboxylic acids is 2. The number of ether oxygens (including phenoxy) is 3. The van der Waals surface area contributed by atoms with E-state index in [-0.39, 0.29) is 53.7 Å². The summed E-state index contributed by atoms with van der Waals surface area (Å²) in [6, 6.07) is 7.39. The molecule has 0 radical (unpaired) electrons. The molecule has 1 aromatic heterocycles. The number of nitrogens with zero attached hydrogens (tertiary/aromatic N) is 3. The van der Waals surface area contributed by atoms with E-state index in [1.165, 1.54) is 29.8 Å². The molecule has 1 saturated carbocycles. The first-order chi connectivity index (χ1) is 23.9. The van der Waals surface area contributed by atoms with Gasteiger partial charge in [-0.15, -0.1) is 18.2 Å². The smallest absolute Gasteiger partial charge is 0.445 e. The first kappa shape index (κ1) is 39.1. The second kappa shape index (κ2) is 18.0. The molecular formula is C36H49ClN3O9S+. The van der Waals surface area contributed by atoms with E-state index in [0.29, 0.717) is 30.2 Å². The van der Waals surface area contributed by atoms with Gasteiger partial charge in [0, 0.05) is 25.3 Å². The SMILES string of the molecule is C=C[C@]1(C)CC[C@@H](C(=C)CN2CCC(COC(=O)CCCC(=O)OCCOc3no[n+](O)c3S(=O)(=O)c3ccccc3)CC2)C[C@H]1C(=C)CCl.